The summed E-state index contributed by atoms with van der Waals surface area (Å²) < 4.78 is 6.39. The molecule has 5 rings (SSSR count). The third-order valence-electron chi connectivity index (χ3n) is 7.18. The summed E-state index contributed by atoms with van der Waals surface area (Å²) in [6, 6.07) is 28.7. The fourth-order valence-electron chi connectivity index (χ4n) is 5.13. The Labute approximate surface area is 235 Å². The van der Waals surface area contributed by atoms with Gasteiger partial charge in [-0.25, -0.2) is 0 Å². The molecule has 0 saturated carbocycles. The maximum absolute atomic E-state index is 12.8. The minimum absolute atomic E-state index is 0. The van der Waals surface area contributed by atoms with Crippen molar-refractivity contribution in [2.75, 3.05) is 18.0 Å². The number of Topliss-reactive ketones (excluding diaryl/α,β-unsaturated/α-hetero) is 1. The second-order valence-electron chi connectivity index (χ2n) is 9.83. The summed E-state index contributed by atoms with van der Waals surface area (Å²) >= 11 is 0. The second-order valence-corrected chi connectivity index (χ2v) is 9.83. The molecule has 4 aromatic rings. The molecule has 1 unspecified atom stereocenters. The van der Waals surface area contributed by atoms with E-state index >= 15 is 0 Å². The number of nitrogens with zero attached hydrogens (tertiary/aromatic N) is 1. The molecule has 0 aromatic heterocycles. The molecule has 1 aliphatic heterocycles. The van der Waals surface area contributed by atoms with Crippen LogP contribution in [0.5, 0.6) is 5.75 Å². The monoisotopic (exact) mass is 544 g/mol. The number of nitrogens with one attached hydrogen (secondary N) is 1. The highest BCUT2D eigenvalue weighted by Crippen LogP contribution is 2.38. The Hall–Kier alpha value is -3.87. The SMILES string of the molecule is Cc1ccc(N2CC(CN[C@H](C)c3cccc4ccccc34)Oc3ccccc32)cc1C(=O)CCC(=O)O.Cl. The zero-order valence-electron chi connectivity index (χ0n) is 22.1. The molecule has 0 spiro atoms. The average Bonchev–Trinajstić information content (AvgIpc) is 2.94. The van der Waals surface area contributed by atoms with E-state index in [-0.39, 0.29) is 43.2 Å². The van der Waals surface area contributed by atoms with Crippen LogP contribution in [0, 0.1) is 6.92 Å². The maximum Gasteiger partial charge on any atom is 0.303 e. The van der Waals surface area contributed by atoms with Crippen molar-refractivity contribution in [3.05, 3.63) is 102 Å². The van der Waals surface area contributed by atoms with Gasteiger partial charge in [0, 0.05) is 30.3 Å². The van der Waals surface area contributed by atoms with Gasteiger partial charge in [0.1, 0.15) is 11.9 Å². The molecular formula is C32H33ClN2O4. The highest BCUT2D eigenvalue weighted by molar-refractivity contribution is 5.99. The van der Waals surface area contributed by atoms with Gasteiger partial charge in [-0.2, -0.15) is 0 Å². The van der Waals surface area contributed by atoms with Crippen LogP contribution in [0.1, 0.15) is 47.3 Å². The van der Waals surface area contributed by atoms with Gasteiger partial charge in [0.25, 0.3) is 0 Å². The lowest BCUT2D eigenvalue weighted by Crippen LogP contribution is -2.44. The topological polar surface area (TPSA) is 78.9 Å². The lowest BCUT2D eigenvalue weighted by Gasteiger charge is -2.37. The van der Waals surface area contributed by atoms with E-state index in [9.17, 15) is 9.59 Å². The highest BCUT2D eigenvalue weighted by atomic mass is 35.5. The number of halogens is 1. The zero-order chi connectivity index (χ0) is 26.6. The number of rotatable bonds is 9. The van der Waals surface area contributed by atoms with Gasteiger partial charge in [-0.15, -0.1) is 12.4 Å². The van der Waals surface area contributed by atoms with Crippen molar-refractivity contribution in [1.82, 2.24) is 5.32 Å². The molecule has 4 aromatic carbocycles. The molecule has 1 heterocycles. The van der Waals surface area contributed by atoms with Crippen molar-refractivity contribution in [2.45, 2.75) is 38.8 Å². The van der Waals surface area contributed by atoms with Crippen molar-refractivity contribution >= 4 is 46.3 Å². The summed E-state index contributed by atoms with van der Waals surface area (Å²) in [5, 5.41) is 15.1. The Morgan fingerprint density at radius 2 is 1.74 bits per heavy atom. The van der Waals surface area contributed by atoms with Gasteiger partial charge in [0.05, 0.1) is 18.7 Å². The van der Waals surface area contributed by atoms with Crippen LogP contribution in [-0.4, -0.2) is 36.1 Å². The molecule has 2 atom stereocenters. The average molecular weight is 545 g/mol. The molecule has 0 aliphatic carbocycles. The number of aryl methyl sites for hydroxylation is 1. The highest BCUT2D eigenvalue weighted by Gasteiger charge is 2.28. The summed E-state index contributed by atoms with van der Waals surface area (Å²) in [5.74, 6) is -0.333. The summed E-state index contributed by atoms with van der Waals surface area (Å²) in [6.45, 7) is 5.31. The number of hydrogen-bond donors (Lipinski definition) is 2. The molecule has 202 valence electrons. The summed E-state index contributed by atoms with van der Waals surface area (Å²) in [4.78, 5) is 26.0. The number of carboxylic acid groups (broad SMARTS) is 1. The maximum atomic E-state index is 12.8. The standard InChI is InChI=1S/C32H32N2O4.ClH/c1-21-14-15-24(18-28(21)30(35)16-17-32(36)37)34-20-25(38-31-13-6-5-12-29(31)34)19-33-22(2)26-11-7-9-23-8-3-4-10-27(23)26;/h3-15,18,22,25,33H,16-17,19-20H2,1-2H3,(H,36,37);1H/t22-,25?;/m1./s1. The van der Waals surface area contributed by atoms with Crippen molar-refractivity contribution in [1.29, 1.82) is 0 Å². The number of carboxylic acids is 1. The Balaban J connectivity index is 0.00000353. The first kappa shape index (κ1) is 28.1. The van der Waals surface area contributed by atoms with Crippen LogP contribution in [0.2, 0.25) is 0 Å². The van der Waals surface area contributed by atoms with E-state index in [0.29, 0.717) is 18.7 Å². The normalized spacial score (nSPS) is 15.1. The third kappa shape index (κ3) is 6.24. The van der Waals surface area contributed by atoms with E-state index in [0.717, 1.165) is 22.7 Å². The van der Waals surface area contributed by atoms with Gasteiger partial charge in [-0.05, 0) is 60.0 Å². The minimum atomic E-state index is -0.970. The van der Waals surface area contributed by atoms with Gasteiger partial charge in [-0.3, -0.25) is 9.59 Å². The van der Waals surface area contributed by atoms with Crippen LogP contribution < -0.4 is 15.0 Å². The van der Waals surface area contributed by atoms with Crippen LogP contribution in [0.25, 0.3) is 10.8 Å². The number of ether oxygens (including phenoxy) is 1. The Morgan fingerprint density at radius 3 is 2.56 bits per heavy atom. The number of hydrogen-bond acceptors (Lipinski definition) is 5. The molecule has 39 heavy (non-hydrogen) atoms. The molecule has 0 saturated heterocycles. The summed E-state index contributed by atoms with van der Waals surface area (Å²) in [5.41, 5.74) is 4.48. The van der Waals surface area contributed by atoms with E-state index in [2.05, 4.69) is 59.6 Å². The van der Waals surface area contributed by atoms with Crippen LogP contribution in [-0.2, 0) is 4.79 Å². The van der Waals surface area contributed by atoms with Gasteiger partial charge in [0.2, 0.25) is 0 Å². The summed E-state index contributed by atoms with van der Waals surface area (Å²) in [6.07, 6.45) is -0.307. The van der Waals surface area contributed by atoms with Crippen LogP contribution in [0.4, 0.5) is 11.4 Å². The number of ketones is 1. The molecular weight excluding hydrogens is 512 g/mol. The van der Waals surface area contributed by atoms with Crippen molar-refractivity contribution in [3.63, 3.8) is 0 Å². The molecule has 0 radical (unpaired) electrons. The lowest BCUT2D eigenvalue weighted by molar-refractivity contribution is -0.136. The van der Waals surface area contributed by atoms with Crippen LogP contribution in [0.15, 0.2) is 84.9 Å². The first-order valence-electron chi connectivity index (χ1n) is 13.0. The summed E-state index contributed by atoms with van der Waals surface area (Å²) in [7, 11) is 0. The Kier molecular flexibility index (Phi) is 8.90. The van der Waals surface area contributed by atoms with E-state index in [4.69, 9.17) is 9.84 Å². The minimum Gasteiger partial charge on any atom is -0.485 e. The molecule has 6 nitrogen and oxygen atoms in total. The van der Waals surface area contributed by atoms with Gasteiger partial charge in [-0.1, -0.05) is 60.7 Å². The number of carbonyl (C=O) groups excluding carboxylic acids is 1. The van der Waals surface area contributed by atoms with E-state index < -0.39 is 5.97 Å². The number of benzene rings is 4. The molecule has 0 amide bonds. The van der Waals surface area contributed by atoms with Gasteiger partial charge in [0.15, 0.2) is 5.78 Å². The zero-order valence-corrected chi connectivity index (χ0v) is 22.9. The molecule has 2 N–H and O–H groups in total. The number of para-hydroxylation sites is 2. The van der Waals surface area contributed by atoms with Crippen LogP contribution >= 0.6 is 12.4 Å². The van der Waals surface area contributed by atoms with Crippen molar-refractivity contribution < 1.29 is 19.4 Å². The van der Waals surface area contributed by atoms with Crippen molar-refractivity contribution in [2.24, 2.45) is 0 Å². The van der Waals surface area contributed by atoms with Crippen molar-refractivity contribution in [3.8, 4) is 5.75 Å². The third-order valence-corrected chi connectivity index (χ3v) is 7.18. The molecule has 7 heteroatoms. The quantitative estimate of drug-likeness (QED) is 0.224. The largest absolute Gasteiger partial charge is 0.485 e. The van der Waals surface area contributed by atoms with E-state index in [1.54, 1.807) is 0 Å². The molecule has 1 aliphatic rings. The fraction of sp³-hybridized carbons (Fsp3) is 0.250. The number of aliphatic carboxylic acids is 1. The molecule has 0 bridgehead atoms. The second kappa shape index (κ2) is 12.3. The van der Waals surface area contributed by atoms with Crippen LogP contribution in [0.3, 0.4) is 0 Å². The number of anilines is 2. The van der Waals surface area contributed by atoms with E-state index in [1.165, 1.54) is 16.3 Å². The fourth-order valence-corrected chi connectivity index (χ4v) is 5.13. The lowest BCUT2D eigenvalue weighted by atomic mass is 9.99. The van der Waals surface area contributed by atoms with E-state index in [1.807, 2.05) is 49.4 Å². The number of carbonyl (C=O) groups is 2. The first-order valence-corrected chi connectivity index (χ1v) is 13.0. The smallest absolute Gasteiger partial charge is 0.303 e. The Bertz CT molecular complexity index is 1480. The molecule has 0 fully saturated rings. The predicted octanol–water partition coefficient (Wildman–Crippen LogP) is 6.87. The van der Waals surface area contributed by atoms with Gasteiger partial charge < -0.3 is 20.1 Å². The Morgan fingerprint density at radius 1 is 1.00 bits per heavy atom. The first-order chi connectivity index (χ1) is 18.4. The number of fused-ring (bicyclic) bond motifs is 2. The van der Waals surface area contributed by atoms with Gasteiger partial charge >= 0.3 is 5.97 Å². The predicted molar refractivity (Wildman–Crippen MR) is 158 cm³/mol.